The predicted molar refractivity (Wildman–Crippen MR) is 137 cm³/mol. The van der Waals surface area contributed by atoms with Crippen LogP contribution in [0.4, 0.5) is 15.0 Å². The van der Waals surface area contributed by atoms with Crippen molar-refractivity contribution in [1.29, 1.82) is 0 Å². The van der Waals surface area contributed by atoms with Crippen LogP contribution in [0.15, 0.2) is 58.4 Å². The summed E-state index contributed by atoms with van der Waals surface area (Å²) in [5, 5.41) is 29.8. The van der Waals surface area contributed by atoms with Gasteiger partial charge in [-0.3, -0.25) is 10.3 Å². The maximum absolute atomic E-state index is 12.6. The first-order valence-electron chi connectivity index (χ1n) is 11.2. The average Bonchev–Trinajstić information content (AvgIpc) is 3.47. The van der Waals surface area contributed by atoms with Crippen molar-refractivity contribution in [2.45, 2.75) is 19.8 Å². The molecular weight excluding hydrogens is 499 g/mol. The van der Waals surface area contributed by atoms with Crippen LogP contribution in [0.2, 0.25) is 0 Å². The molecule has 13 nitrogen and oxygen atoms in total. The zero-order chi connectivity index (χ0) is 27.6. The maximum Gasteiger partial charge on any atom is 0.348 e. The second kappa shape index (κ2) is 10.3. The number of urea groups is 1. The Morgan fingerprint density at radius 1 is 1.13 bits per heavy atom. The van der Waals surface area contributed by atoms with E-state index < -0.39 is 23.2 Å². The van der Waals surface area contributed by atoms with Crippen LogP contribution in [0.25, 0.3) is 28.0 Å². The molecule has 0 saturated carbocycles. The van der Waals surface area contributed by atoms with E-state index in [1.54, 1.807) is 12.1 Å². The number of fused-ring (bicyclic) bond motifs is 1. The van der Waals surface area contributed by atoms with E-state index in [2.05, 4.69) is 25.9 Å². The van der Waals surface area contributed by atoms with Gasteiger partial charge in [0.05, 0.1) is 17.4 Å². The molecule has 2 amide bonds. The number of carbonyl (C=O) groups excluding carboxylic acids is 1. The molecule has 0 bridgehead atoms. The molecule has 0 aliphatic heterocycles. The summed E-state index contributed by atoms with van der Waals surface area (Å²) in [4.78, 5) is 41.3. The molecule has 0 spiro atoms. The molecule has 14 heteroatoms. The van der Waals surface area contributed by atoms with Crippen LogP contribution in [0.5, 0.6) is 11.5 Å². The number of nitrogens with one attached hydrogen (secondary N) is 4. The zero-order valence-corrected chi connectivity index (χ0v) is 20.1. The van der Waals surface area contributed by atoms with Gasteiger partial charge in [0.1, 0.15) is 11.5 Å². The number of primary amides is 1. The van der Waals surface area contributed by atoms with Gasteiger partial charge in [-0.15, -0.1) is 0 Å². The molecule has 8 N–H and O–H groups in total. The number of aromatic hydroxyl groups is 2. The number of benzene rings is 2. The molecular formula is C24H23FN8O5. The number of aromatic nitrogens is 6. The van der Waals surface area contributed by atoms with Crippen molar-refractivity contribution >= 4 is 22.8 Å². The second-order valence-corrected chi connectivity index (χ2v) is 8.42. The number of amides is 2. The normalized spacial score (nSPS) is 10.8. The highest BCUT2D eigenvalue weighted by molar-refractivity contribution is 5.86. The number of phenolic OH excluding ortho intramolecular Hbond substituents is 2. The number of anilines is 1. The number of hydrogen-bond acceptors (Lipinski definition) is 7. The standard InChI is InChI=1S/C19H18N4O3.C5H5FN4O2/c1-10(2)13-8-14(17(25)9-16(13)24)18-21-22-19(26)23(18)12-3-4-15-11(7-12)5-6-20-15;6-2-1-8-5(12)10-3(2)9-4(7)11/h3-10,20,24-25H,1-2H3,(H,22,26);1H,(H4,7,8,9,10,11,12). The summed E-state index contributed by atoms with van der Waals surface area (Å²) < 4.78 is 14.0. The number of aromatic amines is 3. The molecule has 0 radical (unpaired) electrons. The van der Waals surface area contributed by atoms with Gasteiger partial charge in [-0.2, -0.15) is 10.1 Å². The molecule has 38 heavy (non-hydrogen) atoms. The van der Waals surface area contributed by atoms with Gasteiger partial charge in [0.15, 0.2) is 17.5 Å². The van der Waals surface area contributed by atoms with Crippen LogP contribution in [0.3, 0.4) is 0 Å². The zero-order valence-electron chi connectivity index (χ0n) is 20.1. The second-order valence-electron chi connectivity index (χ2n) is 8.42. The van der Waals surface area contributed by atoms with Gasteiger partial charge in [-0.25, -0.2) is 28.4 Å². The van der Waals surface area contributed by atoms with Crippen molar-refractivity contribution in [3.63, 3.8) is 0 Å². The van der Waals surface area contributed by atoms with E-state index in [0.717, 1.165) is 10.9 Å². The minimum Gasteiger partial charge on any atom is -0.508 e. The van der Waals surface area contributed by atoms with Gasteiger partial charge in [-0.05, 0) is 41.8 Å². The lowest BCUT2D eigenvalue weighted by Crippen LogP contribution is -2.23. The number of phenols is 2. The third-order valence-electron chi connectivity index (χ3n) is 5.49. The van der Waals surface area contributed by atoms with Gasteiger partial charge in [0, 0.05) is 23.2 Å². The van der Waals surface area contributed by atoms with Crippen LogP contribution in [-0.2, 0) is 0 Å². The Bertz CT molecular complexity index is 1750. The minimum atomic E-state index is -0.962. The van der Waals surface area contributed by atoms with Crippen molar-refractivity contribution in [2.75, 3.05) is 5.32 Å². The van der Waals surface area contributed by atoms with Crippen LogP contribution >= 0.6 is 0 Å². The van der Waals surface area contributed by atoms with Crippen LogP contribution < -0.4 is 22.4 Å². The Labute approximate surface area is 212 Å². The molecule has 0 aliphatic rings. The number of rotatable bonds is 4. The molecule has 196 valence electrons. The third kappa shape index (κ3) is 5.23. The molecule has 5 aromatic rings. The van der Waals surface area contributed by atoms with Gasteiger partial charge < -0.3 is 20.9 Å². The lowest BCUT2D eigenvalue weighted by molar-refractivity contribution is 0.259. The molecule has 0 aliphatic carbocycles. The summed E-state index contributed by atoms with van der Waals surface area (Å²) in [5.41, 5.74) is 6.14. The number of nitrogens with two attached hydrogens (primary N) is 1. The highest BCUT2D eigenvalue weighted by Crippen LogP contribution is 2.37. The Morgan fingerprint density at radius 3 is 2.61 bits per heavy atom. The highest BCUT2D eigenvalue weighted by Gasteiger charge is 2.19. The molecule has 0 fully saturated rings. The van der Waals surface area contributed by atoms with Crippen LogP contribution in [0.1, 0.15) is 25.3 Å². The topological polar surface area (TPSA) is 208 Å². The van der Waals surface area contributed by atoms with Crippen molar-refractivity contribution < 1.29 is 19.4 Å². The third-order valence-corrected chi connectivity index (χ3v) is 5.49. The van der Waals surface area contributed by atoms with E-state index in [1.807, 2.05) is 48.5 Å². The van der Waals surface area contributed by atoms with Crippen LogP contribution in [0, 0.1) is 5.82 Å². The summed E-state index contributed by atoms with van der Waals surface area (Å²) in [6, 6.07) is 9.45. The SMILES string of the molecule is CC(C)c1cc(-c2n[nH]c(=O)n2-c2ccc3[nH]ccc3c2)c(O)cc1O.NC(=O)Nc1[nH]c(=O)ncc1F. The van der Waals surface area contributed by atoms with E-state index in [0.29, 0.717) is 23.0 Å². The monoisotopic (exact) mass is 522 g/mol. The summed E-state index contributed by atoms with van der Waals surface area (Å²) >= 11 is 0. The van der Waals surface area contributed by atoms with Crippen molar-refractivity contribution in [3.05, 3.63) is 81.1 Å². The van der Waals surface area contributed by atoms with E-state index in [1.165, 1.54) is 10.6 Å². The Kier molecular flexibility index (Phi) is 6.96. The number of hydrogen-bond donors (Lipinski definition) is 7. The predicted octanol–water partition coefficient (Wildman–Crippen LogP) is 2.64. The molecule has 0 atom stereocenters. The van der Waals surface area contributed by atoms with E-state index in [-0.39, 0.29) is 29.1 Å². The van der Waals surface area contributed by atoms with Gasteiger partial charge in [-0.1, -0.05) is 13.8 Å². The largest absolute Gasteiger partial charge is 0.508 e. The number of halogens is 1. The smallest absolute Gasteiger partial charge is 0.348 e. The summed E-state index contributed by atoms with van der Waals surface area (Å²) in [6.45, 7) is 3.88. The quantitative estimate of drug-likeness (QED) is 0.187. The Hall–Kier alpha value is -5.40. The molecule has 5 rings (SSSR count). The lowest BCUT2D eigenvalue weighted by Gasteiger charge is -2.13. The molecule has 0 saturated heterocycles. The van der Waals surface area contributed by atoms with E-state index >= 15 is 0 Å². The first kappa shape index (κ1) is 25.7. The Morgan fingerprint density at radius 2 is 1.89 bits per heavy atom. The van der Waals surface area contributed by atoms with Crippen molar-refractivity contribution in [2.24, 2.45) is 5.73 Å². The van der Waals surface area contributed by atoms with Crippen LogP contribution in [-0.4, -0.2) is 46.0 Å². The van der Waals surface area contributed by atoms with Gasteiger partial charge >= 0.3 is 17.4 Å². The molecule has 3 heterocycles. The maximum atomic E-state index is 12.6. The average molecular weight is 522 g/mol. The molecule has 0 unspecified atom stereocenters. The van der Waals surface area contributed by atoms with Crippen molar-refractivity contribution in [3.8, 4) is 28.6 Å². The first-order valence-corrected chi connectivity index (χ1v) is 11.2. The molecule has 3 aromatic heterocycles. The summed E-state index contributed by atoms with van der Waals surface area (Å²) in [6.07, 6.45) is 2.51. The number of nitrogens with zero attached hydrogens (tertiary/aromatic N) is 3. The van der Waals surface area contributed by atoms with E-state index in [9.17, 15) is 29.0 Å². The number of H-pyrrole nitrogens is 3. The lowest BCUT2D eigenvalue weighted by atomic mass is 9.98. The fourth-order valence-electron chi connectivity index (χ4n) is 3.73. The van der Waals surface area contributed by atoms with Crippen molar-refractivity contribution in [1.82, 2.24) is 29.7 Å². The summed E-state index contributed by atoms with van der Waals surface area (Å²) in [5.74, 6) is -1.04. The highest BCUT2D eigenvalue weighted by atomic mass is 19.1. The molecule has 2 aromatic carbocycles. The fourth-order valence-corrected chi connectivity index (χ4v) is 3.73. The Balaban J connectivity index is 0.000000236. The van der Waals surface area contributed by atoms with Gasteiger partial charge in [0.25, 0.3) is 0 Å². The fraction of sp³-hybridized carbons (Fsp3) is 0.125. The minimum absolute atomic E-state index is 0.0134. The summed E-state index contributed by atoms with van der Waals surface area (Å²) in [7, 11) is 0. The number of carbonyl (C=O) groups is 1. The van der Waals surface area contributed by atoms with E-state index in [4.69, 9.17) is 0 Å². The first-order chi connectivity index (χ1) is 18.0. The van der Waals surface area contributed by atoms with Gasteiger partial charge in [0.2, 0.25) is 0 Å².